The molecule has 2 N–H and O–H groups in total. The van der Waals surface area contributed by atoms with Crippen molar-refractivity contribution in [3.05, 3.63) is 29.8 Å². The molecule has 0 radical (unpaired) electrons. The second-order valence-corrected chi connectivity index (χ2v) is 5.62. The van der Waals surface area contributed by atoms with Crippen LogP contribution in [0.3, 0.4) is 0 Å². The van der Waals surface area contributed by atoms with Crippen LogP contribution in [0.5, 0.6) is 0 Å². The number of aliphatic hydroxyl groups excluding tert-OH is 1. The van der Waals surface area contributed by atoms with E-state index in [2.05, 4.69) is 5.32 Å². The van der Waals surface area contributed by atoms with Crippen LogP contribution in [-0.2, 0) is 4.79 Å². The van der Waals surface area contributed by atoms with E-state index in [-0.39, 0.29) is 17.5 Å². The Labute approximate surface area is 122 Å². The van der Waals surface area contributed by atoms with E-state index < -0.39 is 23.8 Å². The fourth-order valence-electron chi connectivity index (χ4n) is 2.41. The van der Waals surface area contributed by atoms with E-state index in [1.165, 1.54) is 6.07 Å². The summed E-state index contributed by atoms with van der Waals surface area (Å²) >= 11 is 0. The van der Waals surface area contributed by atoms with Gasteiger partial charge in [0.05, 0.1) is 12.1 Å². The lowest BCUT2D eigenvalue weighted by Crippen LogP contribution is -2.50. The third kappa shape index (κ3) is 3.77. The Morgan fingerprint density at radius 1 is 1.43 bits per heavy atom. The Morgan fingerprint density at radius 2 is 2.14 bits per heavy atom. The summed E-state index contributed by atoms with van der Waals surface area (Å²) in [5.74, 6) is -2.03. The molecule has 0 aliphatic carbocycles. The van der Waals surface area contributed by atoms with Crippen LogP contribution in [-0.4, -0.2) is 41.1 Å². The zero-order chi connectivity index (χ0) is 15.6. The molecule has 116 valence electrons. The van der Waals surface area contributed by atoms with Gasteiger partial charge in [0.2, 0.25) is 5.91 Å². The maximum absolute atomic E-state index is 13.1. The minimum absolute atomic E-state index is 0.219. The summed E-state index contributed by atoms with van der Waals surface area (Å²) in [6.07, 6.45) is 0.376. The highest BCUT2D eigenvalue weighted by molar-refractivity contribution is 5.94. The van der Waals surface area contributed by atoms with Gasteiger partial charge in [0, 0.05) is 18.3 Å². The van der Waals surface area contributed by atoms with Gasteiger partial charge in [0.25, 0.3) is 0 Å². The first-order chi connectivity index (χ1) is 9.88. The molecule has 3 atom stereocenters. The molecule has 1 saturated heterocycles. The maximum atomic E-state index is 13.1. The summed E-state index contributed by atoms with van der Waals surface area (Å²) in [7, 11) is 0. The van der Waals surface area contributed by atoms with E-state index in [1.54, 1.807) is 6.92 Å². The summed E-state index contributed by atoms with van der Waals surface area (Å²) in [6.45, 7) is 4.88. The number of piperidine rings is 1. The van der Waals surface area contributed by atoms with Gasteiger partial charge in [0.15, 0.2) is 11.6 Å². The standard InChI is InChI=1S/C15H20F2N2O2/c1-9-5-6-19(8-14(9)20)10(2)15(21)18-11-3-4-12(16)13(17)7-11/h3-4,7,9-10,14,20H,5-6,8H2,1-2H3,(H,18,21). The molecule has 1 aromatic rings. The average Bonchev–Trinajstić information content (AvgIpc) is 2.45. The summed E-state index contributed by atoms with van der Waals surface area (Å²) < 4.78 is 26.0. The third-order valence-electron chi connectivity index (χ3n) is 4.06. The van der Waals surface area contributed by atoms with E-state index in [9.17, 15) is 18.7 Å². The van der Waals surface area contributed by atoms with Crippen molar-refractivity contribution in [1.82, 2.24) is 4.90 Å². The quantitative estimate of drug-likeness (QED) is 0.897. The van der Waals surface area contributed by atoms with Gasteiger partial charge in [-0.25, -0.2) is 8.78 Å². The first kappa shape index (κ1) is 15.9. The number of benzene rings is 1. The van der Waals surface area contributed by atoms with Gasteiger partial charge >= 0.3 is 0 Å². The fraction of sp³-hybridized carbons (Fsp3) is 0.533. The molecule has 6 heteroatoms. The Hall–Kier alpha value is -1.53. The number of anilines is 1. The summed E-state index contributed by atoms with van der Waals surface area (Å²) in [6, 6.07) is 2.80. The number of carbonyl (C=O) groups excluding carboxylic acids is 1. The SMILES string of the molecule is CC1CCN(C(C)C(=O)Nc2ccc(F)c(F)c2)CC1O. The number of nitrogens with one attached hydrogen (secondary N) is 1. The van der Waals surface area contributed by atoms with Crippen molar-refractivity contribution >= 4 is 11.6 Å². The largest absolute Gasteiger partial charge is 0.392 e. The van der Waals surface area contributed by atoms with Crippen LogP contribution < -0.4 is 5.32 Å². The van der Waals surface area contributed by atoms with Crippen LogP contribution in [0.4, 0.5) is 14.5 Å². The summed E-state index contributed by atoms with van der Waals surface area (Å²) in [5, 5.41) is 12.4. The molecule has 1 heterocycles. The lowest BCUT2D eigenvalue weighted by atomic mass is 9.95. The number of likely N-dealkylation sites (tertiary alicyclic amines) is 1. The Morgan fingerprint density at radius 3 is 2.76 bits per heavy atom. The Bertz CT molecular complexity index is 524. The molecular formula is C15H20F2N2O2. The monoisotopic (exact) mass is 298 g/mol. The molecule has 1 aliphatic heterocycles. The van der Waals surface area contributed by atoms with Gasteiger partial charge in [-0.2, -0.15) is 0 Å². The molecule has 0 bridgehead atoms. The topological polar surface area (TPSA) is 52.6 Å². The second-order valence-electron chi connectivity index (χ2n) is 5.62. The lowest BCUT2D eigenvalue weighted by molar-refractivity contribution is -0.122. The number of nitrogens with zero attached hydrogens (tertiary/aromatic N) is 1. The van der Waals surface area contributed by atoms with Crippen molar-refractivity contribution in [3.63, 3.8) is 0 Å². The highest BCUT2D eigenvalue weighted by atomic mass is 19.2. The van der Waals surface area contributed by atoms with Crippen molar-refractivity contribution in [1.29, 1.82) is 0 Å². The highest BCUT2D eigenvalue weighted by Crippen LogP contribution is 2.20. The van der Waals surface area contributed by atoms with Crippen LogP contribution >= 0.6 is 0 Å². The zero-order valence-electron chi connectivity index (χ0n) is 12.1. The van der Waals surface area contributed by atoms with Crippen molar-refractivity contribution in [2.45, 2.75) is 32.4 Å². The molecule has 1 aromatic carbocycles. The average molecular weight is 298 g/mol. The number of amides is 1. The molecule has 0 spiro atoms. The highest BCUT2D eigenvalue weighted by Gasteiger charge is 2.30. The van der Waals surface area contributed by atoms with Crippen molar-refractivity contribution < 1.29 is 18.7 Å². The molecular weight excluding hydrogens is 278 g/mol. The van der Waals surface area contributed by atoms with Crippen molar-refractivity contribution in [2.24, 2.45) is 5.92 Å². The fourth-order valence-corrected chi connectivity index (χ4v) is 2.41. The van der Waals surface area contributed by atoms with Gasteiger partial charge in [-0.1, -0.05) is 6.92 Å². The van der Waals surface area contributed by atoms with Crippen LogP contribution in [0.1, 0.15) is 20.3 Å². The first-order valence-electron chi connectivity index (χ1n) is 7.06. The minimum Gasteiger partial charge on any atom is -0.392 e. The van der Waals surface area contributed by atoms with Crippen LogP contribution in [0.2, 0.25) is 0 Å². The number of hydrogen-bond donors (Lipinski definition) is 2. The molecule has 0 aromatic heterocycles. The Kier molecular flexibility index (Phi) is 4.90. The van der Waals surface area contributed by atoms with Gasteiger partial charge in [-0.05, 0) is 37.9 Å². The molecule has 1 fully saturated rings. The van der Waals surface area contributed by atoms with Crippen molar-refractivity contribution in [2.75, 3.05) is 18.4 Å². The predicted octanol–water partition coefficient (Wildman–Crippen LogP) is 1.99. The molecule has 21 heavy (non-hydrogen) atoms. The van der Waals surface area contributed by atoms with Crippen molar-refractivity contribution in [3.8, 4) is 0 Å². The third-order valence-corrected chi connectivity index (χ3v) is 4.06. The summed E-state index contributed by atoms with van der Waals surface area (Å²) in [5.41, 5.74) is 0.219. The van der Waals surface area contributed by atoms with Gasteiger partial charge in [0.1, 0.15) is 0 Å². The number of β-amino-alcohol motifs (C(OH)–C–C–N with tert-alkyl or cyclic N) is 1. The van der Waals surface area contributed by atoms with Gasteiger partial charge < -0.3 is 10.4 Å². The smallest absolute Gasteiger partial charge is 0.241 e. The number of rotatable bonds is 3. The molecule has 2 rings (SSSR count). The first-order valence-corrected chi connectivity index (χ1v) is 7.06. The maximum Gasteiger partial charge on any atom is 0.241 e. The van der Waals surface area contributed by atoms with E-state index in [1.807, 2.05) is 11.8 Å². The predicted molar refractivity (Wildman–Crippen MR) is 75.8 cm³/mol. The second kappa shape index (κ2) is 6.49. The van der Waals surface area contributed by atoms with Crippen LogP contribution in [0.25, 0.3) is 0 Å². The molecule has 1 aliphatic rings. The lowest BCUT2D eigenvalue weighted by Gasteiger charge is -2.37. The number of carbonyl (C=O) groups is 1. The molecule has 0 saturated carbocycles. The molecule has 4 nitrogen and oxygen atoms in total. The minimum atomic E-state index is -0.998. The zero-order valence-corrected chi connectivity index (χ0v) is 12.1. The van der Waals surface area contributed by atoms with Crippen LogP contribution in [0.15, 0.2) is 18.2 Å². The van der Waals surface area contributed by atoms with E-state index in [0.29, 0.717) is 6.54 Å². The van der Waals surface area contributed by atoms with E-state index in [0.717, 1.165) is 25.1 Å². The summed E-state index contributed by atoms with van der Waals surface area (Å²) in [4.78, 5) is 14.0. The van der Waals surface area contributed by atoms with E-state index >= 15 is 0 Å². The van der Waals surface area contributed by atoms with Crippen LogP contribution in [0, 0.1) is 17.6 Å². The number of aliphatic hydroxyl groups is 1. The van der Waals surface area contributed by atoms with E-state index in [4.69, 9.17) is 0 Å². The van der Waals surface area contributed by atoms with Gasteiger partial charge in [-0.3, -0.25) is 9.69 Å². The molecule has 1 amide bonds. The van der Waals surface area contributed by atoms with Gasteiger partial charge in [-0.15, -0.1) is 0 Å². The normalized spacial score (nSPS) is 24.6. The number of hydrogen-bond acceptors (Lipinski definition) is 3. The molecule has 3 unspecified atom stereocenters. The number of halogens is 2. The Balaban J connectivity index is 1.97.